The van der Waals surface area contributed by atoms with Crippen LogP contribution in [0.2, 0.25) is 0 Å². The van der Waals surface area contributed by atoms with Gasteiger partial charge in [0.05, 0.1) is 27.7 Å². The summed E-state index contributed by atoms with van der Waals surface area (Å²) < 4.78 is 34.0. The fourth-order valence-electron chi connectivity index (χ4n) is 5.31. The maximum absolute atomic E-state index is 12.6. The van der Waals surface area contributed by atoms with Crippen molar-refractivity contribution in [3.05, 3.63) is 0 Å². The number of esters is 2. The van der Waals surface area contributed by atoms with Gasteiger partial charge in [-0.2, -0.15) is 0 Å². The van der Waals surface area contributed by atoms with Gasteiger partial charge in [0.2, 0.25) is 0 Å². The van der Waals surface area contributed by atoms with Gasteiger partial charge < -0.3 is 18.9 Å². The zero-order chi connectivity index (χ0) is 35.1. The van der Waals surface area contributed by atoms with E-state index in [0.717, 1.165) is 38.5 Å². The van der Waals surface area contributed by atoms with Crippen molar-refractivity contribution < 1.29 is 42.1 Å². The van der Waals surface area contributed by atoms with Crippen molar-refractivity contribution in [2.45, 2.75) is 180 Å². The second kappa shape index (κ2) is 31.0. The van der Waals surface area contributed by atoms with Gasteiger partial charge in [-0.05, 0) is 12.8 Å². The zero-order valence-electron chi connectivity index (χ0n) is 31.3. The van der Waals surface area contributed by atoms with E-state index in [1.54, 1.807) is 0 Å². The third kappa shape index (κ3) is 34.7. The molecule has 2 atom stereocenters. The number of phosphoric ester groups is 1. The van der Waals surface area contributed by atoms with Crippen molar-refractivity contribution in [1.29, 1.82) is 0 Å². The van der Waals surface area contributed by atoms with E-state index in [1.165, 1.54) is 109 Å². The Bertz CT molecular complexity index is 789. The molecule has 0 aromatic heterocycles. The van der Waals surface area contributed by atoms with E-state index in [1.807, 2.05) is 21.1 Å². The number of ether oxygens (including phenoxy) is 2. The molecule has 0 radical (unpaired) electrons. The lowest BCUT2D eigenvalue weighted by Crippen LogP contribution is -2.37. The summed E-state index contributed by atoms with van der Waals surface area (Å²) in [5.74, 6) is -0.800. The minimum atomic E-state index is -4.35. The Hall–Kier alpha value is -0.990. The summed E-state index contributed by atoms with van der Waals surface area (Å²) >= 11 is 0. The van der Waals surface area contributed by atoms with E-state index < -0.39 is 26.5 Å². The highest BCUT2D eigenvalue weighted by Crippen LogP contribution is 2.43. The third-order valence-electron chi connectivity index (χ3n) is 8.39. The maximum Gasteiger partial charge on any atom is 0.472 e. The molecular weight excluding hydrogens is 617 g/mol. The van der Waals surface area contributed by atoms with Crippen molar-refractivity contribution in [1.82, 2.24) is 0 Å². The molecule has 0 aliphatic carbocycles. The smallest absolute Gasteiger partial charge is 0.462 e. The largest absolute Gasteiger partial charge is 0.472 e. The summed E-state index contributed by atoms with van der Waals surface area (Å²) in [6.45, 7) is 4.36. The van der Waals surface area contributed by atoms with Gasteiger partial charge in [0.1, 0.15) is 19.8 Å². The first-order valence-electron chi connectivity index (χ1n) is 19.3. The first-order valence-corrected chi connectivity index (χ1v) is 20.8. The predicted octanol–water partition coefficient (Wildman–Crippen LogP) is 10.1. The van der Waals surface area contributed by atoms with E-state index in [0.29, 0.717) is 17.4 Å². The molecule has 1 N–H and O–H groups in total. The minimum absolute atomic E-state index is 0.0360. The molecule has 1 unspecified atom stereocenters. The number of quaternary nitrogens is 1. The standard InChI is InChI=1S/C37H74NO8P/c1-6-8-10-12-14-15-16-17-18-19-20-21-22-23-24-26-28-30-37(40)46-35(33-43-36(39)29-27-25-13-11-9-7-2)34-45-47(41,42)44-32-31-38(3,4)5/h35H,6-34H2,1-5H3/p+1/t35-/m1/s1. The average molecular weight is 693 g/mol. The van der Waals surface area contributed by atoms with Crippen LogP contribution in [0.1, 0.15) is 174 Å². The highest BCUT2D eigenvalue weighted by atomic mass is 31.2. The van der Waals surface area contributed by atoms with Crippen molar-refractivity contribution in [3.8, 4) is 0 Å². The first-order chi connectivity index (χ1) is 22.5. The number of unbranched alkanes of at least 4 members (excludes halogenated alkanes) is 21. The lowest BCUT2D eigenvalue weighted by atomic mass is 10.0. The second-order valence-corrected chi connectivity index (χ2v) is 15.8. The fourth-order valence-corrected chi connectivity index (χ4v) is 6.05. The molecule has 0 aliphatic rings. The molecule has 0 rings (SSSR count). The van der Waals surface area contributed by atoms with Crippen LogP contribution in [0.5, 0.6) is 0 Å². The summed E-state index contributed by atoms with van der Waals surface area (Å²) in [5.41, 5.74) is 0. The molecule has 9 nitrogen and oxygen atoms in total. The van der Waals surface area contributed by atoms with Crippen LogP contribution in [0.15, 0.2) is 0 Å². The zero-order valence-corrected chi connectivity index (χ0v) is 32.2. The predicted molar refractivity (Wildman–Crippen MR) is 192 cm³/mol. The highest BCUT2D eigenvalue weighted by Gasteiger charge is 2.27. The van der Waals surface area contributed by atoms with Gasteiger partial charge in [0.15, 0.2) is 6.10 Å². The summed E-state index contributed by atoms with van der Waals surface area (Å²) in [7, 11) is 1.49. The van der Waals surface area contributed by atoms with Gasteiger partial charge in [-0.3, -0.25) is 18.6 Å². The lowest BCUT2D eigenvalue weighted by Gasteiger charge is -2.24. The maximum atomic E-state index is 12.6. The van der Waals surface area contributed by atoms with Gasteiger partial charge in [0, 0.05) is 12.8 Å². The average Bonchev–Trinajstić information content (AvgIpc) is 3.01. The molecule has 280 valence electrons. The normalized spacial score (nSPS) is 13.7. The summed E-state index contributed by atoms with van der Waals surface area (Å²) in [6, 6.07) is 0. The van der Waals surface area contributed by atoms with Crippen LogP contribution in [0.25, 0.3) is 0 Å². The van der Waals surface area contributed by atoms with E-state index in [2.05, 4.69) is 13.8 Å². The van der Waals surface area contributed by atoms with Crippen LogP contribution >= 0.6 is 7.82 Å². The Morgan fingerprint density at radius 1 is 0.574 bits per heavy atom. The summed E-state index contributed by atoms with van der Waals surface area (Å²) in [6.07, 6.45) is 27.5. The Labute approximate surface area is 289 Å². The molecule has 0 saturated heterocycles. The van der Waals surface area contributed by atoms with Crippen LogP contribution in [-0.4, -0.2) is 74.9 Å². The van der Waals surface area contributed by atoms with Gasteiger partial charge in [-0.1, -0.05) is 149 Å². The number of likely N-dealkylation sites (N-methyl/N-ethyl adjacent to an activating group) is 1. The molecule has 0 spiro atoms. The number of nitrogens with zero attached hydrogens (tertiary/aromatic N) is 1. The van der Waals surface area contributed by atoms with Crippen molar-refractivity contribution in [3.63, 3.8) is 0 Å². The van der Waals surface area contributed by atoms with E-state index in [4.69, 9.17) is 18.5 Å². The SMILES string of the molecule is CCCCCCCCCCCCCCCCCCCC(=O)O[C@H](COC(=O)CCCCCCCC)COP(=O)(O)OCC[N+](C)(C)C. The van der Waals surface area contributed by atoms with Gasteiger partial charge >= 0.3 is 19.8 Å². The molecule has 10 heteroatoms. The molecule has 0 aromatic carbocycles. The van der Waals surface area contributed by atoms with E-state index in [-0.39, 0.29) is 25.6 Å². The third-order valence-corrected chi connectivity index (χ3v) is 9.37. The first kappa shape index (κ1) is 46.0. The van der Waals surface area contributed by atoms with Crippen molar-refractivity contribution in [2.24, 2.45) is 0 Å². The molecule has 0 fully saturated rings. The number of carbonyl (C=O) groups excluding carboxylic acids is 2. The molecular formula is C37H75NO8P+. The van der Waals surface area contributed by atoms with Gasteiger partial charge in [-0.25, -0.2) is 4.57 Å². The second-order valence-electron chi connectivity index (χ2n) is 14.3. The van der Waals surface area contributed by atoms with Crippen LogP contribution in [0.3, 0.4) is 0 Å². The monoisotopic (exact) mass is 693 g/mol. The number of hydrogen-bond donors (Lipinski definition) is 1. The van der Waals surface area contributed by atoms with Crippen molar-refractivity contribution in [2.75, 3.05) is 47.5 Å². The fraction of sp³-hybridized carbons (Fsp3) is 0.946. The number of hydrogen-bond acceptors (Lipinski definition) is 7. The number of rotatable bonds is 35. The Kier molecular flexibility index (Phi) is 30.4. The molecule has 0 bridgehead atoms. The van der Waals surface area contributed by atoms with E-state index in [9.17, 15) is 19.0 Å². The molecule has 0 aliphatic heterocycles. The van der Waals surface area contributed by atoms with Crippen LogP contribution in [0.4, 0.5) is 0 Å². The summed E-state index contributed by atoms with van der Waals surface area (Å²) in [5, 5.41) is 0. The highest BCUT2D eigenvalue weighted by molar-refractivity contribution is 7.47. The topological polar surface area (TPSA) is 108 Å². The Morgan fingerprint density at radius 2 is 0.957 bits per heavy atom. The quantitative estimate of drug-likeness (QED) is 0.0303. The Balaban J connectivity index is 4.27. The minimum Gasteiger partial charge on any atom is -0.462 e. The number of carbonyl (C=O) groups is 2. The van der Waals surface area contributed by atoms with Crippen molar-refractivity contribution >= 4 is 19.8 Å². The summed E-state index contributed by atoms with van der Waals surface area (Å²) in [4.78, 5) is 34.9. The Morgan fingerprint density at radius 3 is 1.36 bits per heavy atom. The molecule has 47 heavy (non-hydrogen) atoms. The van der Waals surface area contributed by atoms with Crippen LogP contribution in [0, 0.1) is 0 Å². The van der Waals surface area contributed by atoms with Crippen LogP contribution in [-0.2, 0) is 32.7 Å². The van der Waals surface area contributed by atoms with Gasteiger partial charge in [0.25, 0.3) is 0 Å². The molecule has 0 heterocycles. The molecule has 0 saturated carbocycles. The molecule has 0 amide bonds. The lowest BCUT2D eigenvalue weighted by molar-refractivity contribution is -0.870. The number of phosphoric acid groups is 1. The van der Waals surface area contributed by atoms with E-state index >= 15 is 0 Å². The molecule has 0 aromatic rings. The van der Waals surface area contributed by atoms with Crippen LogP contribution < -0.4 is 0 Å². The van der Waals surface area contributed by atoms with Gasteiger partial charge in [-0.15, -0.1) is 0 Å².